The van der Waals surface area contributed by atoms with E-state index in [2.05, 4.69) is 5.16 Å². The largest absolute Gasteiger partial charge is 0.505 e. The molecule has 0 amide bonds. The molecule has 5 heteroatoms. The number of phenolic OH excluding ortho intramolecular Hbond substituents is 1. The molecule has 0 aliphatic heterocycles. The van der Waals surface area contributed by atoms with Gasteiger partial charge in [-0.2, -0.15) is 0 Å². The Morgan fingerprint density at radius 3 is 2.71 bits per heavy atom. The minimum absolute atomic E-state index is 0.240. The lowest BCUT2D eigenvalue weighted by Crippen LogP contribution is -1.80. The van der Waals surface area contributed by atoms with Crippen LogP contribution in [-0.2, 0) is 0 Å². The van der Waals surface area contributed by atoms with Crippen molar-refractivity contribution >= 4 is 5.82 Å². The van der Waals surface area contributed by atoms with Crippen LogP contribution < -0.4 is 5.73 Å². The summed E-state index contributed by atoms with van der Waals surface area (Å²) < 4.78 is 17.5. The van der Waals surface area contributed by atoms with E-state index in [1.54, 1.807) is 0 Å². The molecule has 0 spiro atoms. The van der Waals surface area contributed by atoms with Gasteiger partial charge in [0.2, 0.25) is 0 Å². The highest BCUT2D eigenvalue weighted by molar-refractivity contribution is 5.61. The number of phenols is 1. The van der Waals surface area contributed by atoms with Gasteiger partial charge in [0, 0.05) is 11.6 Å². The molecule has 0 atom stereocenters. The van der Waals surface area contributed by atoms with E-state index in [-0.39, 0.29) is 5.82 Å². The van der Waals surface area contributed by atoms with Gasteiger partial charge in [-0.25, -0.2) is 4.39 Å². The highest BCUT2D eigenvalue weighted by Gasteiger charge is 2.07. The lowest BCUT2D eigenvalue weighted by atomic mass is 10.1. The van der Waals surface area contributed by atoms with E-state index in [1.165, 1.54) is 18.2 Å². The number of benzene rings is 1. The zero-order valence-electron chi connectivity index (χ0n) is 7.07. The zero-order chi connectivity index (χ0) is 10.1. The molecule has 1 aromatic heterocycles. The summed E-state index contributed by atoms with van der Waals surface area (Å²) in [4.78, 5) is 0. The molecule has 2 aromatic rings. The summed E-state index contributed by atoms with van der Waals surface area (Å²) in [7, 11) is 0. The lowest BCUT2D eigenvalue weighted by Gasteiger charge is -1.97. The van der Waals surface area contributed by atoms with Gasteiger partial charge in [0.1, 0.15) is 0 Å². The summed E-state index contributed by atoms with van der Waals surface area (Å²) in [5.41, 5.74) is 5.86. The van der Waals surface area contributed by atoms with E-state index in [0.717, 1.165) is 6.07 Å². The Bertz CT molecular complexity index is 468. The summed E-state index contributed by atoms with van der Waals surface area (Å²) in [5.74, 6) is -0.486. The quantitative estimate of drug-likeness (QED) is 0.725. The maximum absolute atomic E-state index is 12.7. The highest BCUT2D eigenvalue weighted by atomic mass is 19.1. The summed E-state index contributed by atoms with van der Waals surface area (Å²) >= 11 is 0. The van der Waals surface area contributed by atoms with Crippen LogP contribution in [0, 0.1) is 5.82 Å². The minimum Gasteiger partial charge on any atom is -0.505 e. The Morgan fingerprint density at radius 2 is 2.14 bits per heavy atom. The van der Waals surface area contributed by atoms with Crippen molar-refractivity contribution in [3.8, 4) is 17.1 Å². The van der Waals surface area contributed by atoms with Crippen molar-refractivity contribution in [3.63, 3.8) is 0 Å². The fourth-order valence-corrected chi connectivity index (χ4v) is 1.09. The van der Waals surface area contributed by atoms with Crippen LogP contribution >= 0.6 is 0 Å². The number of halogens is 1. The van der Waals surface area contributed by atoms with Crippen LogP contribution in [0.1, 0.15) is 0 Å². The SMILES string of the molecule is Nc1cc(-c2ccc(F)c(O)c2)on1. The number of anilines is 1. The van der Waals surface area contributed by atoms with Gasteiger partial charge in [-0.05, 0) is 18.2 Å². The number of aromatic nitrogens is 1. The molecular formula is C9H7FN2O2. The van der Waals surface area contributed by atoms with Crippen LogP contribution in [0.2, 0.25) is 0 Å². The number of aromatic hydroxyl groups is 1. The van der Waals surface area contributed by atoms with Crippen LogP contribution in [0.5, 0.6) is 5.75 Å². The fraction of sp³-hybridized carbons (Fsp3) is 0. The lowest BCUT2D eigenvalue weighted by molar-refractivity contribution is 0.427. The smallest absolute Gasteiger partial charge is 0.169 e. The standard InChI is InChI=1S/C9H7FN2O2/c10-6-2-1-5(3-7(6)13)8-4-9(11)12-14-8/h1-4,13H,(H2,11,12). The molecule has 0 saturated carbocycles. The van der Waals surface area contributed by atoms with E-state index in [0.29, 0.717) is 11.3 Å². The van der Waals surface area contributed by atoms with Crippen LogP contribution in [-0.4, -0.2) is 10.3 Å². The van der Waals surface area contributed by atoms with Crippen molar-refractivity contribution in [2.24, 2.45) is 0 Å². The molecule has 0 unspecified atom stereocenters. The third-order valence-corrected chi connectivity index (χ3v) is 1.76. The topological polar surface area (TPSA) is 72.3 Å². The Kier molecular flexibility index (Phi) is 1.85. The van der Waals surface area contributed by atoms with Crippen molar-refractivity contribution in [3.05, 3.63) is 30.1 Å². The number of hydrogen-bond acceptors (Lipinski definition) is 4. The molecule has 2 rings (SSSR count). The number of hydrogen-bond donors (Lipinski definition) is 2. The van der Waals surface area contributed by atoms with Crippen LogP contribution in [0.4, 0.5) is 10.2 Å². The van der Waals surface area contributed by atoms with Crippen molar-refractivity contribution < 1.29 is 14.0 Å². The maximum Gasteiger partial charge on any atom is 0.169 e. The van der Waals surface area contributed by atoms with E-state index < -0.39 is 11.6 Å². The fourth-order valence-electron chi connectivity index (χ4n) is 1.09. The minimum atomic E-state index is -0.679. The molecule has 0 bridgehead atoms. The highest BCUT2D eigenvalue weighted by Crippen LogP contribution is 2.26. The van der Waals surface area contributed by atoms with Gasteiger partial charge in [-0.1, -0.05) is 5.16 Å². The molecule has 1 aromatic carbocycles. The number of rotatable bonds is 1. The molecular weight excluding hydrogens is 187 g/mol. The number of nitrogen functional groups attached to an aromatic ring is 1. The monoisotopic (exact) mass is 194 g/mol. The van der Waals surface area contributed by atoms with Crippen LogP contribution in [0.15, 0.2) is 28.8 Å². The van der Waals surface area contributed by atoms with Gasteiger partial charge in [0.25, 0.3) is 0 Å². The summed E-state index contributed by atoms with van der Waals surface area (Å²) in [5, 5.41) is 12.6. The second kappa shape index (κ2) is 3.02. The Balaban J connectivity index is 2.47. The van der Waals surface area contributed by atoms with Crippen molar-refractivity contribution in [1.82, 2.24) is 5.16 Å². The van der Waals surface area contributed by atoms with Gasteiger partial charge in [-0.3, -0.25) is 0 Å². The first-order valence-electron chi connectivity index (χ1n) is 3.88. The molecule has 0 radical (unpaired) electrons. The van der Waals surface area contributed by atoms with Crippen LogP contribution in [0.25, 0.3) is 11.3 Å². The average Bonchev–Trinajstić information content (AvgIpc) is 2.57. The van der Waals surface area contributed by atoms with E-state index in [4.69, 9.17) is 15.4 Å². The predicted molar refractivity (Wildman–Crippen MR) is 48.0 cm³/mol. The second-order valence-electron chi connectivity index (χ2n) is 2.78. The summed E-state index contributed by atoms with van der Waals surface area (Å²) in [6.45, 7) is 0. The van der Waals surface area contributed by atoms with Gasteiger partial charge in [-0.15, -0.1) is 0 Å². The third-order valence-electron chi connectivity index (χ3n) is 1.76. The van der Waals surface area contributed by atoms with E-state index >= 15 is 0 Å². The molecule has 14 heavy (non-hydrogen) atoms. The molecule has 1 heterocycles. The Morgan fingerprint density at radius 1 is 1.36 bits per heavy atom. The van der Waals surface area contributed by atoms with E-state index in [9.17, 15) is 4.39 Å². The summed E-state index contributed by atoms with van der Waals surface area (Å²) in [6, 6.07) is 5.35. The normalized spacial score (nSPS) is 10.4. The third kappa shape index (κ3) is 1.39. The number of nitrogens with two attached hydrogens (primary N) is 1. The van der Waals surface area contributed by atoms with Gasteiger partial charge in [0.05, 0.1) is 0 Å². The summed E-state index contributed by atoms with van der Waals surface area (Å²) in [6.07, 6.45) is 0. The molecule has 0 aliphatic rings. The molecule has 0 fully saturated rings. The van der Waals surface area contributed by atoms with Crippen molar-refractivity contribution in [2.45, 2.75) is 0 Å². The maximum atomic E-state index is 12.7. The van der Waals surface area contributed by atoms with Crippen LogP contribution in [0.3, 0.4) is 0 Å². The van der Waals surface area contributed by atoms with E-state index in [1.807, 2.05) is 0 Å². The molecule has 3 N–H and O–H groups in total. The van der Waals surface area contributed by atoms with Crippen molar-refractivity contribution in [2.75, 3.05) is 5.73 Å². The Hall–Kier alpha value is -2.04. The first-order valence-corrected chi connectivity index (χ1v) is 3.88. The predicted octanol–water partition coefficient (Wildman–Crippen LogP) is 1.77. The molecule has 0 saturated heterocycles. The molecule has 0 aliphatic carbocycles. The van der Waals surface area contributed by atoms with Gasteiger partial charge in [0.15, 0.2) is 23.1 Å². The Labute approximate surface area is 78.8 Å². The molecule has 4 nitrogen and oxygen atoms in total. The molecule has 72 valence electrons. The van der Waals surface area contributed by atoms with Crippen molar-refractivity contribution in [1.29, 1.82) is 0 Å². The average molecular weight is 194 g/mol. The second-order valence-corrected chi connectivity index (χ2v) is 2.78. The zero-order valence-corrected chi connectivity index (χ0v) is 7.07. The number of nitrogens with zero attached hydrogens (tertiary/aromatic N) is 1. The first-order chi connectivity index (χ1) is 6.66. The van der Waals surface area contributed by atoms with Gasteiger partial charge < -0.3 is 15.4 Å². The first kappa shape index (κ1) is 8.55. The van der Waals surface area contributed by atoms with Gasteiger partial charge >= 0.3 is 0 Å².